The van der Waals surface area contributed by atoms with Crippen LogP contribution in [0.5, 0.6) is 0 Å². The molecule has 16 heavy (non-hydrogen) atoms. The van der Waals surface area contributed by atoms with Crippen molar-refractivity contribution in [2.24, 2.45) is 0 Å². The fourth-order valence-corrected chi connectivity index (χ4v) is 1.40. The summed E-state index contributed by atoms with van der Waals surface area (Å²) >= 11 is 5.61. The second-order valence-electron chi connectivity index (χ2n) is 3.39. The average molecular weight is 242 g/mol. The molecule has 86 valence electrons. The molecule has 0 aromatic heterocycles. The molecule has 0 aliphatic rings. The van der Waals surface area contributed by atoms with Gasteiger partial charge in [0.05, 0.1) is 0 Å². The normalized spacial score (nSPS) is 11.9. The molecule has 1 aromatic carbocycles. The van der Waals surface area contributed by atoms with E-state index in [2.05, 4.69) is 5.32 Å². The molecule has 4 nitrogen and oxygen atoms in total. The van der Waals surface area contributed by atoms with E-state index in [0.29, 0.717) is 5.69 Å². The number of benzene rings is 1. The maximum Gasteiger partial charge on any atom is 0.321 e. The first-order chi connectivity index (χ1) is 7.49. The second-order valence-corrected chi connectivity index (χ2v) is 3.91. The van der Waals surface area contributed by atoms with E-state index in [1.165, 1.54) is 6.92 Å². The van der Waals surface area contributed by atoms with Gasteiger partial charge in [-0.25, -0.2) is 0 Å². The lowest BCUT2D eigenvalue weighted by atomic mass is 10.1. The number of carboxylic acid groups (broad SMARTS) is 1. The van der Waals surface area contributed by atoms with Crippen molar-refractivity contribution in [1.82, 2.24) is 0 Å². The Balaban J connectivity index is 2.64. The first kappa shape index (κ1) is 12.5. The van der Waals surface area contributed by atoms with Crippen LogP contribution in [0, 0.1) is 0 Å². The van der Waals surface area contributed by atoms with Gasteiger partial charge in [0.1, 0.15) is 5.38 Å². The van der Waals surface area contributed by atoms with Gasteiger partial charge in [0.2, 0.25) is 5.91 Å². The van der Waals surface area contributed by atoms with Crippen molar-refractivity contribution >= 4 is 29.2 Å². The monoisotopic (exact) mass is 241 g/mol. The van der Waals surface area contributed by atoms with Crippen LogP contribution < -0.4 is 5.32 Å². The molecule has 0 spiro atoms. The van der Waals surface area contributed by atoms with Gasteiger partial charge in [0.25, 0.3) is 0 Å². The van der Waals surface area contributed by atoms with E-state index in [0.717, 1.165) is 5.56 Å². The van der Waals surface area contributed by atoms with Crippen LogP contribution in [0.2, 0.25) is 0 Å². The fourth-order valence-electron chi connectivity index (χ4n) is 1.22. The van der Waals surface area contributed by atoms with Crippen molar-refractivity contribution in [3.8, 4) is 0 Å². The van der Waals surface area contributed by atoms with Gasteiger partial charge in [-0.3, -0.25) is 9.59 Å². The van der Waals surface area contributed by atoms with Crippen LogP contribution in [-0.2, 0) is 16.0 Å². The van der Waals surface area contributed by atoms with Crippen LogP contribution in [0.15, 0.2) is 24.3 Å². The largest absolute Gasteiger partial charge is 0.480 e. The summed E-state index contributed by atoms with van der Waals surface area (Å²) in [4.78, 5) is 21.3. The van der Waals surface area contributed by atoms with Crippen molar-refractivity contribution < 1.29 is 14.7 Å². The quantitative estimate of drug-likeness (QED) is 0.791. The maximum absolute atomic E-state index is 10.8. The molecule has 1 atom stereocenters. The van der Waals surface area contributed by atoms with Gasteiger partial charge in [-0.2, -0.15) is 0 Å². The smallest absolute Gasteiger partial charge is 0.321 e. The second kappa shape index (κ2) is 5.51. The zero-order valence-electron chi connectivity index (χ0n) is 8.74. The summed E-state index contributed by atoms with van der Waals surface area (Å²) in [7, 11) is 0. The third-order valence-corrected chi connectivity index (χ3v) is 2.30. The number of aliphatic carboxylic acids is 1. The summed E-state index contributed by atoms with van der Waals surface area (Å²) in [6.07, 6.45) is 0.261. The molecule has 2 N–H and O–H groups in total. The Morgan fingerprint density at radius 2 is 1.94 bits per heavy atom. The van der Waals surface area contributed by atoms with E-state index in [1.54, 1.807) is 24.3 Å². The molecule has 1 aromatic rings. The Labute approximate surface area is 98.2 Å². The molecule has 0 saturated carbocycles. The molecule has 5 heteroatoms. The Hall–Kier alpha value is -1.55. The highest BCUT2D eigenvalue weighted by Crippen LogP contribution is 2.13. The van der Waals surface area contributed by atoms with Crippen LogP contribution in [0.4, 0.5) is 5.69 Å². The summed E-state index contributed by atoms with van der Waals surface area (Å²) < 4.78 is 0. The summed E-state index contributed by atoms with van der Waals surface area (Å²) in [6.45, 7) is 1.42. The minimum Gasteiger partial charge on any atom is -0.480 e. The zero-order chi connectivity index (χ0) is 12.1. The summed E-state index contributed by atoms with van der Waals surface area (Å²) in [5.74, 6) is -1.18. The van der Waals surface area contributed by atoms with Crippen LogP contribution in [0.25, 0.3) is 0 Å². The molecule has 1 amide bonds. The van der Waals surface area contributed by atoms with Crippen LogP contribution in [-0.4, -0.2) is 22.4 Å². The lowest BCUT2D eigenvalue weighted by molar-refractivity contribution is -0.136. The van der Waals surface area contributed by atoms with Crippen LogP contribution in [0.1, 0.15) is 12.5 Å². The molecule has 0 saturated heterocycles. The molecule has 0 fully saturated rings. The number of hydrogen-bond acceptors (Lipinski definition) is 2. The van der Waals surface area contributed by atoms with E-state index in [-0.39, 0.29) is 12.3 Å². The molecule has 0 aliphatic carbocycles. The number of carboxylic acids is 1. The first-order valence-corrected chi connectivity index (χ1v) is 5.16. The van der Waals surface area contributed by atoms with E-state index in [9.17, 15) is 9.59 Å². The van der Waals surface area contributed by atoms with Gasteiger partial charge in [-0.1, -0.05) is 12.1 Å². The maximum atomic E-state index is 10.8. The Morgan fingerprint density at radius 3 is 2.38 bits per heavy atom. The highest BCUT2D eigenvalue weighted by Gasteiger charge is 2.13. The van der Waals surface area contributed by atoms with Gasteiger partial charge < -0.3 is 10.4 Å². The Kier molecular flexibility index (Phi) is 4.31. The van der Waals surface area contributed by atoms with E-state index in [1.807, 2.05) is 0 Å². The SMILES string of the molecule is CC(=O)Nc1ccc(CC(Cl)C(=O)O)cc1. The van der Waals surface area contributed by atoms with Gasteiger partial charge in [0.15, 0.2) is 0 Å². The number of rotatable bonds is 4. The number of alkyl halides is 1. The molecule has 0 heterocycles. The van der Waals surface area contributed by atoms with Gasteiger partial charge in [-0.15, -0.1) is 11.6 Å². The molecule has 0 radical (unpaired) electrons. The third-order valence-electron chi connectivity index (χ3n) is 1.96. The van der Waals surface area contributed by atoms with Crippen molar-refractivity contribution in [2.75, 3.05) is 5.32 Å². The predicted molar refractivity (Wildman–Crippen MR) is 61.7 cm³/mol. The van der Waals surface area contributed by atoms with E-state index < -0.39 is 11.3 Å². The minimum absolute atomic E-state index is 0.145. The number of nitrogens with one attached hydrogen (secondary N) is 1. The van der Waals surface area contributed by atoms with Crippen LogP contribution >= 0.6 is 11.6 Å². The molecule has 0 bridgehead atoms. The Morgan fingerprint density at radius 1 is 1.38 bits per heavy atom. The lowest BCUT2D eigenvalue weighted by Gasteiger charge is -2.06. The number of anilines is 1. The average Bonchev–Trinajstić information content (AvgIpc) is 2.20. The summed E-state index contributed by atoms with van der Waals surface area (Å²) in [5.41, 5.74) is 1.49. The predicted octanol–water partition coefficient (Wildman–Crippen LogP) is 1.88. The first-order valence-electron chi connectivity index (χ1n) is 4.72. The molecule has 1 rings (SSSR count). The lowest BCUT2D eigenvalue weighted by Crippen LogP contribution is -2.15. The zero-order valence-corrected chi connectivity index (χ0v) is 9.49. The number of amides is 1. The summed E-state index contributed by atoms with van der Waals surface area (Å²) in [5, 5.41) is 10.3. The van der Waals surface area contributed by atoms with Crippen molar-refractivity contribution in [3.05, 3.63) is 29.8 Å². The number of halogens is 1. The third kappa shape index (κ3) is 3.90. The number of hydrogen-bond donors (Lipinski definition) is 2. The highest BCUT2D eigenvalue weighted by atomic mass is 35.5. The Bertz CT molecular complexity index is 389. The van der Waals surface area contributed by atoms with E-state index in [4.69, 9.17) is 16.7 Å². The van der Waals surface area contributed by atoms with Gasteiger partial charge >= 0.3 is 5.97 Å². The van der Waals surface area contributed by atoms with Crippen molar-refractivity contribution in [2.45, 2.75) is 18.7 Å². The fraction of sp³-hybridized carbons (Fsp3) is 0.273. The standard InChI is InChI=1S/C11H12ClNO3/c1-7(14)13-9-4-2-8(3-5-9)6-10(12)11(15)16/h2-5,10H,6H2,1H3,(H,13,14)(H,15,16). The van der Waals surface area contributed by atoms with Crippen molar-refractivity contribution in [1.29, 1.82) is 0 Å². The minimum atomic E-state index is -1.03. The van der Waals surface area contributed by atoms with Gasteiger partial charge in [0, 0.05) is 12.6 Å². The molecular formula is C11H12ClNO3. The van der Waals surface area contributed by atoms with Crippen LogP contribution in [0.3, 0.4) is 0 Å². The number of carbonyl (C=O) groups is 2. The van der Waals surface area contributed by atoms with E-state index >= 15 is 0 Å². The molecular weight excluding hydrogens is 230 g/mol. The highest BCUT2D eigenvalue weighted by molar-refractivity contribution is 6.29. The molecule has 1 unspecified atom stereocenters. The van der Waals surface area contributed by atoms with Gasteiger partial charge in [-0.05, 0) is 24.1 Å². The topological polar surface area (TPSA) is 66.4 Å². The van der Waals surface area contributed by atoms with Crippen molar-refractivity contribution in [3.63, 3.8) is 0 Å². The number of carbonyl (C=O) groups excluding carboxylic acids is 1. The summed E-state index contributed by atoms with van der Waals surface area (Å²) in [6, 6.07) is 6.90. The molecule has 0 aliphatic heterocycles.